The van der Waals surface area contributed by atoms with Crippen molar-refractivity contribution in [2.75, 3.05) is 5.43 Å². The van der Waals surface area contributed by atoms with E-state index in [2.05, 4.69) is 26.5 Å². The maximum absolute atomic E-state index is 10.4. The minimum atomic E-state index is -1.04. The third kappa shape index (κ3) is 2.71. The molecule has 19 heavy (non-hydrogen) atoms. The molecule has 2 unspecified atom stereocenters. The van der Waals surface area contributed by atoms with Gasteiger partial charge in [-0.05, 0) is 31.5 Å². The van der Waals surface area contributed by atoms with Crippen LogP contribution in [0.3, 0.4) is 0 Å². The fourth-order valence-corrected chi connectivity index (χ4v) is 2.72. The van der Waals surface area contributed by atoms with E-state index < -0.39 is 5.60 Å². The van der Waals surface area contributed by atoms with Crippen molar-refractivity contribution in [2.45, 2.75) is 26.4 Å². The quantitative estimate of drug-likeness (QED) is 0.796. The topological polar surface area (TPSA) is 44.6 Å². The van der Waals surface area contributed by atoms with Crippen molar-refractivity contribution < 1.29 is 5.11 Å². The molecule has 0 spiro atoms. The van der Waals surface area contributed by atoms with Crippen LogP contribution < -0.4 is 5.43 Å². The Morgan fingerprint density at radius 3 is 2.74 bits per heavy atom. The predicted molar refractivity (Wildman–Crippen MR) is 83.7 cm³/mol. The minimum Gasteiger partial charge on any atom is -0.383 e. The second kappa shape index (κ2) is 5.27. The van der Waals surface area contributed by atoms with Crippen LogP contribution in [0.5, 0.6) is 0 Å². The lowest BCUT2D eigenvalue weighted by atomic mass is 9.93. The van der Waals surface area contributed by atoms with Gasteiger partial charge in [-0.1, -0.05) is 46.6 Å². The first-order valence-electron chi connectivity index (χ1n) is 6.03. The van der Waals surface area contributed by atoms with Gasteiger partial charge < -0.3 is 5.11 Å². The highest BCUT2D eigenvalue weighted by Gasteiger charge is 2.40. The molecule has 0 radical (unpaired) electrons. The van der Waals surface area contributed by atoms with Crippen LogP contribution in [-0.2, 0) is 0 Å². The summed E-state index contributed by atoms with van der Waals surface area (Å²) in [5.74, 6) is -0.0517. The molecule has 5 heteroatoms. The molecule has 0 amide bonds. The summed E-state index contributed by atoms with van der Waals surface area (Å²) in [5.41, 5.74) is 4.34. The highest BCUT2D eigenvalue weighted by molar-refractivity contribution is 9.10. The molecular weight excluding hydrogens is 328 g/mol. The normalized spacial score (nSPS) is 28.6. The summed E-state index contributed by atoms with van der Waals surface area (Å²) in [5, 5.41) is 15.2. The van der Waals surface area contributed by atoms with Crippen LogP contribution in [0.15, 0.2) is 38.9 Å². The summed E-state index contributed by atoms with van der Waals surface area (Å²) in [6.45, 7) is 5.62. The Labute approximate surface area is 126 Å². The number of nitrogens with one attached hydrogen (secondary N) is 1. The number of hydrogen-bond donors (Lipinski definition) is 2. The third-order valence-electron chi connectivity index (χ3n) is 3.54. The second-order valence-electron chi connectivity index (χ2n) is 4.94. The Bertz CT molecular complexity index is 567. The van der Waals surface area contributed by atoms with Crippen LogP contribution in [0.2, 0.25) is 0 Å². The molecule has 0 saturated heterocycles. The number of rotatable bonds is 2. The SMILES string of the molecule is Cc1c(Br)cccc1N/N=C1/C(Cl)=CC(C)C1(C)O. The van der Waals surface area contributed by atoms with Gasteiger partial charge in [-0.3, -0.25) is 5.43 Å². The number of halogens is 2. The van der Waals surface area contributed by atoms with E-state index in [1.54, 1.807) is 6.92 Å². The Kier molecular flexibility index (Phi) is 4.04. The highest BCUT2D eigenvalue weighted by atomic mass is 79.9. The van der Waals surface area contributed by atoms with Gasteiger partial charge in [0, 0.05) is 10.4 Å². The molecule has 1 aromatic rings. The van der Waals surface area contributed by atoms with Gasteiger partial charge in [0.15, 0.2) is 0 Å². The number of hydrogen-bond acceptors (Lipinski definition) is 3. The van der Waals surface area contributed by atoms with Crippen LogP contribution in [0.1, 0.15) is 19.4 Å². The van der Waals surface area contributed by atoms with E-state index in [1.165, 1.54) is 0 Å². The third-order valence-corrected chi connectivity index (χ3v) is 4.71. The van der Waals surface area contributed by atoms with E-state index in [0.717, 1.165) is 15.7 Å². The van der Waals surface area contributed by atoms with Gasteiger partial charge in [0.1, 0.15) is 11.3 Å². The van der Waals surface area contributed by atoms with Gasteiger partial charge in [0.25, 0.3) is 0 Å². The molecule has 0 bridgehead atoms. The molecule has 2 rings (SSSR count). The molecule has 0 fully saturated rings. The molecule has 1 aromatic carbocycles. The lowest BCUT2D eigenvalue weighted by molar-refractivity contribution is 0.101. The lowest BCUT2D eigenvalue weighted by Gasteiger charge is -2.23. The Balaban J connectivity index is 2.28. The maximum atomic E-state index is 10.4. The van der Waals surface area contributed by atoms with E-state index in [-0.39, 0.29) is 5.92 Å². The number of anilines is 1. The first kappa shape index (κ1) is 14.6. The van der Waals surface area contributed by atoms with Crippen LogP contribution in [0.4, 0.5) is 5.69 Å². The van der Waals surface area contributed by atoms with Crippen LogP contribution in [-0.4, -0.2) is 16.4 Å². The number of nitrogens with zero attached hydrogens (tertiary/aromatic N) is 1. The predicted octanol–water partition coefficient (Wildman–Crippen LogP) is 4.05. The van der Waals surface area contributed by atoms with Gasteiger partial charge >= 0.3 is 0 Å². The van der Waals surface area contributed by atoms with E-state index in [1.807, 2.05) is 38.1 Å². The van der Waals surface area contributed by atoms with E-state index in [4.69, 9.17) is 11.6 Å². The zero-order valence-electron chi connectivity index (χ0n) is 11.0. The lowest BCUT2D eigenvalue weighted by Crippen LogP contribution is -2.37. The molecule has 1 aliphatic carbocycles. The highest BCUT2D eigenvalue weighted by Crippen LogP contribution is 2.34. The molecule has 3 nitrogen and oxygen atoms in total. The van der Waals surface area contributed by atoms with E-state index in [9.17, 15) is 5.11 Å². The molecule has 0 heterocycles. The molecule has 0 saturated carbocycles. The Hall–Kier alpha value is -0.840. The number of aliphatic hydroxyl groups is 1. The summed E-state index contributed by atoms with van der Waals surface area (Å²) in [6.07, 6.45) is 1.82. The molecule has 2 N–H and O–H groups in total. The summed E-state index contributed by atoms with van der Waals surface area (Å²) in [6, 6.07) is 5.82. The Morgan fingerprint density at radius 2 is 2.16 bits per heavy atom. The number of hydrazone groups is 1. The van der Waals surface area contributed by atoms with E-state index >= 15 is 0 Å². The van der Waals surface area contributed by atoms with Crippen LogP contribution in [0, 0.1) is 12.8 Å². The van der Waals surface area contributed by atoms with Gasteiger partial charge in [-0.25, -0.2) is 0 Å². The van der Waals surface area contributed by atoms with Gasteiger partial charge in [0.2, 0.25) is 0 Å². The summed E-state index contributed by atoms with van der Waals surface area (Å²) >= 11 is 9.58. The van der Waals surface area contributed by atoms with Crippen LogP contribution in [0.25, 0.3) is 0 Å². The van der Waals surface area contributed by atoms with Gasteiger partial charge in [-0.2, -0.15) is 5.10 Å². The second-order valence-corrected chi connectivity index (χ2v) is 6.20. The molecule has 0 aromatic heterocycles. The molecule has 1 aliphatic rings. The first-order valence-corrected chi connectivity index (χ1v) is 7.20. The molecule has 0 aliphatic heterocycles. The fourth-order valence-electron chi connectivity index (χ4n) is 1.93. The average molecular weight is 344 g/mol. The van der Waals surface area contributed by atoms with Gasteiger partial charge in [-0.15, -0.1) is 0 Å². The van der Waals surface area contributed by atoms with Crippen molar-refractivity contribution in [1.29, 1.82) is 0 Å². The van der Waals surface area contributed by atoms with Gasteiger partial charge in [0.05, 0.1) is 10.7 Å². The minimum absolute atomic E-state index is 0.0517. The molecule has 102 valence electrons. The summed E-state index contributed by atoms with van der Waals surface area (Å²) < 4.78 is 1.01. The zero-order chi connectivity index (χ0) is 14.2. The number of benzene rings is 1. The van der Waals surface area contributed by atoms with Crippen molar-refractivity contribution >= 4 is 38.9 Å². The standard InChI is InChI=1S/C14H16BrClN2O/c1-8-7-11(16)13(14(8,3)19)18-17-12-6-4-5-10(15)9(12)2/h4-8,17,19H,1-3H3/b18-13-. The van der Waals surface area contributed by atoms with Crippen molar-refractivity contribution in [3.05, 3.63) is 39.3 Å². The summed E-state index contributed by atoms with van der Waals surface area (Å²) in [7, 11) is 0. The van der Waals surface area contributed by atoms with Crippen molar-refractivity contribution in [2.24, 2.45) is 11.0 Å². The van der Waals surface area contributed by atoms with E-state index in [0.29, 0.717) is 10.7 Å². The Morgan fingerprint density at radius 1 is 1.47 bits per heavy atom. The first-order chi connectivity index (χ1) is 8.84. The smallest absolute Gasteiger partial charge is 0.113 e. The monoisotopic (exact) mass is 342 g/mol. The largest absolute Gasteiger partial charge is 0.383 e. The van der Waals surface area contributed by atoms with Crippen molar-refractivity contribution in [3.8, 4) is 0 Å². The maximum Gasteiger partial charge on any atom is 0.113 e. The van der Waals surface area contributed by atoms with Crippen molar-refractivity contribution in [3.63, 3.8) is 0 Å². The molecule has 2 atom stereocenters. The molecular formula is C14H16BrClN2O. The fraction of sp³-hybridized carbons (Fsp3) is 0.357. The average Bonchev–Trinajstić information content (AvgIpc) is 2.52. The zero-order valence-corrected chi connectivity index (χ0v) is 13.4. The summed E-state index contributed by atoms with van der Waals surface area (Å²) in [4.78, 5) is 0. The van der Waals surface area contributed by atoms with Crippen molar-refractivity contribution in [1.82, 2.24) is 0 Å². The van der Waals surface area contributed by atoms with Crippen LogP contribution >= 0.6 is 27.5 Å².